The molecular weight excluding hydrogens is 240 g/mol. The van der Waals surface area contributed by atoms with Crippen molar-refractivity contribution in [1.82, 2.24) is 4.98 Å². The Balaban J connectivity index is 1.70. The molecular formula is C15H18N2O2. The third-order valence-electron chi connectivity index (χ3n) is 3.62. The molecule has 2 fully saturated rings. The van der Waals surface area contributed by atoms with E-state index in [1.807, 2.05) is 12.1 Å². The average Bonchev–Trinajstić information content (AvgIpc) is 3.27. The van der Waals surface area contributed by atoms with Gasteiger partial charge >= 0.3 is 5.97 Å². The Kier molecular flexibility index (Phi) is 3.23. The molecule has 2 aliphatic carbocycles. The van der Waals surface area contributed by atoms with Crippen molar-refractivity contribution in [2.24, 2.45) is 5.92 Å². The van der Waals surface area contributed by atoms with Gasteiger partial charge in [-0.1, -0.05) is 0 Å². The fourth-order valence-electron chi connectivity index (χ4n) is 2.23. The van der Waals surface area contributed by atoms with Crippen molar-refractivity contribution in [2.45, 2.75) is 31.7 Å². The first-order chi connectivity index (χ1) is 9.22. The Morgan fingerprint density at radius 1 is 1.37 bits per heavy atom. The minimum atomic E-state index is -0.933. The van der Waals surface area contributed by atoms with E-state index in [1.165, 1.54) is 25.7 Å². The van der Waals surface area contributed by atoms with Crippen molar-refractivity contribution in [3.8, 4) is 0 Å². The first kappa shape index (κ1) is 12.2. The minimum Gasteiger partial charge on any atom is -0.478 e. The monoisotopic (exact) mass is 258 g/mol. The molecule has 0 atom stereocenters. The van der Waals surface area contributed by atoms with Gasteiger partial charge in [0, 0.05) is 24.9 Å². The number of nitrogens with zero attached hydrogens (tertiary/aromatic N) is 2. The second-order valence-electron chi connectivity index (χ2n) is 5.45. The molecule has 0 amide bonds. The fourth-order valence-corrected chi connectivity index (χ4v) is 2.23. The first-order valence-electron chi connectivity index (χ1n) is 6.86. The van der Waals surface area contributed by atoms with Crippen molar-refractivity contribution >= 4 is 17.9 Å². The van der Waals surface area contributed by atoms with Crippen LogP contribution in [-0.2, 0) is 4.79 Å². The molecule has 2 saturated carbocycles. The zero-order valence-electron chi connectivity index (χ0n) is 10.8. The van der Waals surface area contributed by atoms with Crippen LogP contribution in [0, 0.1) is 5.92 Å². The summed E-state index contributed by atoms with van der Waals surface area (Å²) in [4.78, 5) is 17.4. The summed E-state index contributed by atoms with van der Waals surface area (Å²) in [7, 11) is 0. The summed E-state index contributed by atoms with van der Waals surface area (Å²) in [5.41, 5.74) is 0.827. The van der Waals surface area contributed by atoms with Crippen molar-refractivity contribution in [1.29, 1.82) is 0 Å². The maximum atomic E-state index is 10.5. The van der Waals surface area contributed by atoms with E-state index in [9.17, 15) is 4.79 Å². The minimum absolute atomic E-state index is 0.675. The second-order valence-corrected chi connectivity index (χ2v) is 5.45. The van der Waals surface area contributed by atoms with E-state index in [2.05, 4.69) is 9.88 Å². The maximum Gasteiger partial charge on any atom is 0.328 e. The first-order valence-corrected chi connectivity index (χ1v) is 6.86. The third-order valence-corrected chi connectivity index (χ3v) is 3.62. The highest BCUT2D eigenvalue weighted by atomic mass is 16.4. The van der Waals surface area contributed by atoms with Gasteiger partial charge in [0.05, 0.1) is 0 Å². The lowest BCUT2D eigenvalue weighted by atomic mass is 10.2. The van der Waals surface area contributed by atoms with Gasteiger partial charge in [-0.2, -0.15) is 0 Å². The van der Waals surface area contributed by atoms with Crippen LogP contribution in [0.25, 0.3) is 6.08 Å². The van der Waals surface area contributed by atoms with Crippen LogP contribution in [0.5, 0.6) is 0 Å². The molecule has 1 aromatic heterocycles. The van der Waals surface area contributed by atoms with Crippen LogP contribution < -0.4 is 4.90 Å². The van der Waals surface area contributed by atoms with Crippen molar-refractivity contribution < 1.29 is 9.90 Å². The molecule has 2 aliphatic rings. The number of hydrogen-bond acceptors (Lipinski definition) is 3. The zero-order valence-corrected chi connectivity index (χ0v) is 10.8. The van der Waals surface area contributed by atoms with Crippen LogP contribution in [0.4, 0.5) is 5.82 Å². The number of carboxylic acid groups (broad SMARTS) is 1. The second kappa shape index (κ2) is 5.03. The molecule has 3 rings (SSSR count). The number of carbonyl (C=O) groups is 1. The molecule has 0 spiro atoms. The molecule has 1 heterocycles. The Hall–Kier alpha value is -1.84. The van der Waals surface area contributed by atoms with Crippen molar-refractivity contribution in [3.63, 3.8) is 0 Å². The molecule has 0 aliphatic heterocycles. The Morgan fingerprint density at radius 2 is 2.16 bits per heavy atom. The zero-order chi connectivity index (χ0) is 13.2. The SMILES string of the molecule is O=C(O)/C=C/c1ccc(N(CC2CC2)C2CC2)nc1. The molecule has 0 aromatic carbocycles. The summed E-state index contributed by atoms with van der Waals surface area (Å²) in [5.74, 6) is 0.952. The van der Waals surface area contributed by atoms with Gasteiger partial charge in [-0.15, -0.1) is 0 Å². The highest BCUT2D eigenvalue weighted by Gasteiger charge is 2.34. The summed E-state index contributed by atoms with van der Waals surface area (Å²) >= 11 is 0. The van der Waals surface area contributed by atoms with Crippen LogP contribution >= 0.6 is 0 Å². The van der Waals surface area contributed by atoms with E-state index in [-0.39, 0.29) is 0 Å². The summed E-state index contributed by atoms with van der Waals surface area (Å²) in [6.45, 7) is 1.13. The lowest BCUT2D eigenvalue weighted by Gasteiger charge is -2.23. The van der Waals surface area contributed by atoms with E-state index < -0.39 is 5.97 Å². The van der Waals surface area contributed by atoms with Gasteiger partial charge in [0.1, 0.15) is 5.82 Å². The molecule has 100 valence electrons. The maximum absolute atomic E-state index is 10.5. The lowest BCUT2D eigenvalue weighted by molar-refractivity contribution is -0.131. The van der Waals surface area contributed by atoms with Gasteiger partial charge in [-0.25, -0.2) is 9.78 Å². The number of aromatic nitrogens is 1. The quantitative estimate of drug-likeness (QED) is 0.797. The molecule has 4 heteroatoms. The van der Waals surface area contributed by atoms with Gasteiger partial charge in [-0.3, -0.25) is 0 Å². The molecule has 1 N–H and O–H groups in total. The van der Waals surface area contributed by atoms with Gasteiger partial charge in [0.25, 0.3) is 0 Å². The molecule has 19 heavy (non-hydrogen) atoms. The van der Waals surface area contributed by atoms with E-state index in [0.29, 0.717) is 6.04 Å². The normalized spacial score (nSPS) is 18.7. The van der Waals surface area contributed by atoms with Gasteiger partial charge < -0.3 is 10.0 Å². The number of carboxylic acids is 1. The van der Waals surface area contributed by atoms with Crippen LogP contribution in [0.15, 0.2) is 24.4 Å². The molecule has 0 bridgehead atoms. The molecule has 1 aromatic rings. The average molecular weight is 258 g/mol. The third kappa shape index (κ3) is 3.34. The van der Waals surface area contributed by atoms with Gasteiger partial charge in [-0.05, 0) is 55.4 Å². The summed E-state index contributed by atoms with van der Waals surface area (Å²) in [6.07, 6.45) is 9.70. The highest BCUT2D eigenvalue weighted by Crippen LogP contribution is 2.36. The van der Waals surface area contributed by atoms with E-state index in [0.717, 1.165) is 29.9 Å². The molecule has 0 radical (unpaired) electrons. The Bertz CT molecular complexity index is 487. The van der Waals surface area contributed by atoms with Gasteiger partial charge in [0.15, 0.2) is 0 Å². The number of hydrogen-bond donors (Lipinski definition) is 1. The fraction of sp³-hybridized carbons (Fsp3) is 0.467. The predicted octanol–water partition coefficient (Wildman–Crippen LogP) is 2.56. The number of anilines is 1. The van der Waals surface area contributed by atoms with E-state index >= 15 is 0 Å². The van der Waals surface area contributed by atoms with Crippen LogP contribution in [-0.4, -0.2) is 28.6 Å². The number of rotatable bonds is 6. The number of pyridine rings is 1. The van der Waals surface area contributed by atoms with Crippen molar-refractivity contribution in [2.75, 3.05) is 11.4 Å². The van der Waals surface area contributed by atoms with Crippen LogP contribution in [0.3, 0.4) is 0 Å². The predicted molar refractivity (Wildman–Crippen MR) is 74.0 cm³/mol. The van der Waals surface area contributed by atoms with E-state index in [4.69, 9.17) is 5.11 Å². The summed E-state index contributed by atoms with van der Waals surface area (Å²) in [6, 6.07) is 4.61. The van der Waals surface area contributed by atoms with E-state index in [1.54, 1.807) is 12.3 Å². The lowest BCUT2D eigenvalue weighted by Crippen LogP contribution is -2.28. The molecule has 0 saturated heterocycles. The summed E-state index contributed by atoms with van der Waals surface area (Å²) in [5, 5.41) is 8.59. The molecule has 4 nitrogen and oxygen atoms in total. The Morgan fingerprint density at radius 3 is 2.68 bits per heavy atom. The highest BCUT2D eigenvalue weighted by molar-refractivity contribution is 5.85. The summed E-state index contributed by atoms with van der Waals surface area (Å²) < 4.78 is 0. The van der Waals surface area contributed by atoms with Crippen LogP contribution in [0.1, 0.15) is 31.2 Å². The smallest absolute Gasteiger partial charge is 0.328 e. The Labute approximate surface area is 112 Å². The van der Waals surface area contributed by atoms with Crippen molar-refractivity contribution in [3.05, 3.63) is 30.0 Å². The standard InChI is InChI=1S/C15H18N2O2/c18-15(19)8-4-11-3-7-14(16-9-11)17(13-5-6-13)10-12-1-2-12/h3-4,7-9,12-13H,1-2,5-6,10H2,(H,18,19)/b8-4+. The topological polar surface area (TPSA) is 53.4 Å². The number of aliphatic carboxylic acids is 1. The largest absolute Gasteiger partial charge is 0.478 e. The molecule has 0 unspecified atom stereocenters. The van der Waals surface area contributed by atoms with Gasteiger partial charge in [0.2, 0.25) is 0 Å². The van der Waals surface area contributed by atoms with Crippen LogP contribution in [0.2, 0.25) is 0 Å².